The molecule has 29 heavy (non-hydrogen) atoms. The van der Waals surface area contributed by atoms with E-state index in [1.54, 1.807) is 12.1 Å². The van der Waals surface area contributed by atoms with Crippen LogP contribution < -0.4 is 5.32 Å². The number of aliphatic hydroxyl groups is 1. The van der Waals surface area contributed by atoms with Crippen LogP contribution in [-0.4, -0.2) is 32.8 Å². The van der Waals surface area contributed by atoms with Crippen molar-refractivity contribution in [1.82, 2.24) is 15.5 Å². The van der Waals surface area contributed by atoms with Crippen LogP contribution >= 0.6 is 0 Å². The first-order chi connectivity index (χ1) is 13.9. The van der Waals surface area contributed by atoms with Crippen molar-refractivity contribution in [2.75, 3.05) is 6.54 Å². The summed E-state index contributed by atoms with van der Waals surface area (Å²) in [5.74, 6) is 0.941. The molecule has 8 heteroatoms. The highest BCUT2D eigenvalue weighted by Crippen LogP contribution is 2.25. The maximum Gasteiger partial charge on any atom is 0.269 e. The Balaban J connectivity index is 1.65. The van der Waals surface area contributed by atoms with Gasteiger partial charge in [0.1, 0.15) is 0 Å². The van der Waals surface area contributed by atoms with Crippen LogP contribution in [0.25, 0.3) is 11.4 Å². The van der Waals surface area contributed by atoms with Gasteiger partial charge in [-0.25, -0.2) is 0 Å². The summed E-state index contributed by atoms with van der Waals surface area (Å²) in [5, 5.41) is 28.4. The van der Waals surface area contributed by atoms with Crippen molar-refractivity contribution < 1.29 is 14.6 Å². The highest BCUT2D eigenvalue weighted by atomic mass is 16.6. The Kier molecular flexibility index (Phi) is 6.69. The first-order valence-electron chi connectivity index (χ1n) is 9.48. The lowest BCUT2D eigenvalue weighted by molar-refractivity contribution is -0.384. The van der Waals surface area contributed by atoms with Gasteiger partial charge in [0.15, 0.2) is 0 Å². The predicted octanol–water partition coefficient (Wildman–Crippen LogP) is 3.54. The summed E-state index contributed by atoms with van der Waals surface area (Å²) in [7, 11) is 0. The topological polar surface area (TPSA) is 114 Å². The molecule has 0 saturated heterocycles. The van der Waals surface area contributed by atoms with E-state index in [9.17, 15) is 15.2 Å². The second-order valence-electron chi connectivity index (χ2n) is 7.23. The Hall–Kier alpha value is -3.10. The number of hydrogen-bond acceptors (Lipinski definition) is 7. The molecule has 0 radical (unpaired) electrons. The van der Waals surface area contributed by atoms with Gasteiger partial charge in [-0.15, -0.1) is 0 Å². The molecule has 2 atom stereocenters. The molecule has 3 aromatic rings. The zero-order valence-corrected chi connectivity index (χ0v) is 16.4. The second kappa shape index (κ2) is 9.40. The van der Waals surface area contributed by atoms with Crippen LogP contribution in [0.5, 0.6) is 0 Å². The van der Waals surface area contributed by atoms with Crippen molar-refractivity contribution in [1.29, 1.82) is 0 Å². The fourth-order valence-corrected chi connectivity index (χ4v) is 3.04. The van der Waals surface area contributed by atoms with Gasteiger partial charge in [0, 0.05) is 24.2 Å². The van der Waals surface area contributed by atoms with Gasteiger partial charge in [-0.05, 0) is 30.0 Å². The number of benzene rings is 2. The molecule has 0 saturated carbocycles. The third kappa shape index (κ3) is 5.46. The van der Waals surface area contributed by atoms with Crippen LogP contribution in [-0.2, 0) is 6.42 Å². The summed E-state index contributed by atoms with van der Waals surface area (Å²) < 4.78 is 5.43. The van der Waals surface area contributed by atoms with Gasteiger partial charge in [-0.3, -0.25) is 10.1 Å². The maximum absolute atomic E-state index is 10.8. The zero-order chi connectivity index (χ0) is 20.8. The van der Waals surface area contributed by atoms with Gasteiger partial charge in [-0.2, -0.15) is 4.98 Å². The van der Waals surface area contributed by atoms with Gasteiger partial charge in [-0.1, -0.05) is 49.3 Å². The van der Waals surface area contributed by atoms with Crippen molar-refractivity contribution in [3.8, 4) is 11.4 Å². The molecule has 0 unspecified atom stereocenters. The lowest BCUT2D eigenvalue weighted by atomic mass is 10.0. The Labute approximate surface area is 168 Å². The fourth-order valence-electron chi connectivity index (χ4n) is 3.04. The maximum atomic E-state index is 10.8. The molecule has 2 aromatic carbocycles. The smallest absolute Gasteiger partial charge is 0.269 e. The summed E-state index contributed by atoms with van der Waals surface area (Å²) in [4.78, 5) is 14.8. The molecule has 1 heterocycles. The third-order valence-corrected chi connectivity index (χ3v) is 4.60. The summed E-state index contributed by atoms with van der Waals surface area (Å²) in [6.07, 6.45) is 0.00648. The Bertz CT molecular complexity index is 925. The van der Waals surface area contributed by atoms with Gasteiger partial charge in [0.05, 0.1) is 17.1 Å². The number of hydrogen-bond donors (Lipinski definition) is 2. The molecular formula is C21H24N4O4. The van der Waals surface area contributed by atoms with Gasteiger partial charge < -0.3 is 14.9 Å². The van der Waals surface area contributed by atoms with Crippen LogP contribution in [0, 0.1) is 16.0 Å². The molecule has 8 nitrogen and oxygen atoms in total. The van der Waals surface area contributed by atoms with E-state index in [0.717, 1.165) is 5.56 Å². The zero-order valence-electron chi connectivity index (χ0n) is 16.4. The highest BCUT2D eigenvalue weighted by Gasteiger charge is 2.23. The van der Waals surface area contributed by atoms with Crippen LogP contribution in [0.1, 0.15) is 31.3 Å². The summed E-state index contributed by atoms with van der Waals surface area (Å²) in [6.45, 7) is 4.43. The first-order valence-corrected chi connectivity index (χ1v) is 9.48. The van der Waals surface area contributed by atoms with E-state index in [-0.39, 0.29) is 17.6 Å². The lowest BCUT2D eigenvalue weighted by Gasteiger charge is -2.20. The number of non-ortho nitro benzene ring substituents is 1. The average Bonchev–Trinajstić information content (AvgIpc) is 3.18. The highest BCUT2D eigenvalue weighted by molar-refractivity contribution is 5.56. The summed E-state index contributed by atoms with van der Waals surface area (Å²) >= 11 is 0. The number of nitrogens with one attached hydrogen (secondary N) is 1. The van der Waals surface area contributed by atoms with E-state index in [0.29, 0.717) is 30.2 Å². The number of nitrogens with zero attached hydrogens (tertiary/aromatic N) is 3. The molecule has 0 aliphatic heterocycles. The summed E-state index contributed by atoms with van der Waals surface area (Å²) in [6, 6.07) is 15.6. The molecule has 0 aliphatic carbocycles. The van der Waals surface area contributed by atoms with Crippen molar-refractivity contribution in [2.45, 2.75) is 32.4 Å². The molecule has 0 fully saturated rings. The van der Waals surface area contributed by atoms with Crippen molar-refractivity contribution in [3.63, 3.8) is 0 Å². The Morgan fingerprint density at radius 2 is 1.83 bits per heavy atom. The van der Waals surface area contributed by atoms with Crippen LogP contribution in [0.15, 0.2) is 59.1 Å². The minimum absolute atomic E-state index is 0.00611. The van der Waals surface area contributed by atoms with E-state index in [4.69, 9.17) is 4.52 Å². The molecule has 0 spiro atoms. The number of nitro groups is 1. The Morgan fingerprint density at radius 1 is 1.14 bits per heavy atom. The summed E-state index contributed by atoms with van der Waals surface area (Å²) in [5.41, 5.74) is 1.71. The normalized spacial score (nSPS) is 13.4. The average molecular weight is 396 g/mol. The van der Waals surface area contributed by atoms with Crippen LogP contribution in [0.4, 0.5) is 5.69 Å². The molecule has 1 aromatic heterocycles. The van der Waals surface area contributed by atoms with E-state index in [1.807, 2.05) is 44.2 Å². The van der Waals surface area contributed by atoms with Crippen molar-refractivity contribution in [3.05, 3.63) is 76.2 Å². The largest absolute Gasteiger partial charge is 0.391 e. The van der Waals surface area contributed by atoms with E-state index in [1.165, 1.54) is 12.1 Å². The Morgan fingerprint density at radius 3 is 2.45 bits per heavy atom. The standard InChI is InChI=1S/C21H24N4O4/c1-14(2)19(22-13-18(26)12-15-6-4-3-5-7-15)21-23-20(24-29-21)16-8-10-17(11-9-16)25(27)28/h3-11,14,18-19,22,26H,12-13H2,1-2H3/t18-,19+/m0/s1. The van der Waals surface area contributed by atoms with Gasteiger partial charge >= 0.3 is 0 Å². The number of rotatable bonds is 9. The minimum atomic E-state index is -0.546. The first kappa shape index (κ1) is 20.6. The molecular weight excluding hydrogens is 372 g/mol. The van der Waals surface area contributed by atoms with Gasteiger partial charge in [0.2, 0.25) is 11.7 Å². The van der Waals surface area contributed by atoms with E-state index >= 15 is 0 Å². The molecule has 0 aliphatic rings. The van der Waals surface area contributed by atoms with E-state index in [2.05, 4.69) is 15.5 Å². The monoisotopic (exact) mass is 396 g/mol. The fraction of sp³-hybridized carbons (Fsp3) is 0.333. The second-order valence-corrected chi connectivity index (χ2v) is 7.23. The van der Waals surface area contributed by atoms with Crippen molar-refractivity contribution >= 4 is 5.69 Å². The molecule has 152 valence electrons. The lowest BCUT2D eigenvalue weighted by Crippen LogP contribution is -2.34. The molecule has 2 N–H and O–H groups in total. The SMILES string of the molecule is CC(C)[C@@H](NC[C@@H](O)Cc1ccccc1)c1nc(-c2ccc([N+](=O)[O-])cc2)no1. The minimum Gasteiger partial charge on any atom is -0.391 e. The quantitative estimate of drug-likeness (QED) is 0.420. The molecule has 3 rings (SSSR count). The molecule has 0 amide bonds. The van der Waals surface area contributed by atoms with Crippen LogP contribution in [0.3, 0.4) is 0 Å². The number of aromatic nitrogens is 2. The third-order valence-electron chi connectivity index (χ3n) is 4.60. The predicted molar refractivity (Wildman–Crippen MR) is 108 cm³/mol. The van der Waals surface area contributed by atoms with E-state index < -0.39 is 11.0 Å². The van der Waals surface area contributed by atoms with Gasteiger partial charge in [0.25, 0.3) is 5.69 Å². The van der Waals surface area contributed by atoms with Crippen molar-refractivity contribution in [2.24, 2.45) is 5.92 Å². The van der Waals surface area contributed by atoms with Crippen LogP contribution in [0.2, 0.25) is 0 Å². The number of aliphatic hydroxyl groups excluding tert-OH is 1. The molecule has 0 bridgehead atoms. The number of nitro benzene ring substituents is 1.